The van der Waals surface area contributed by atoms with Crippen LogP contribution < -0.4 is 0 Å². The largest absolute Gasteiger partial charge is 0.265 e. The third-order valence-corrected chi connectivity index (χ3v) is 4.44. The van der Waals surface area contributed by atoms with E-state index in [1.54, 1.807) is 0 Å². The van der Waals surface area contributed by atoms with Gasteiger partial charge in [-0.05, 0) is 42.4 Å². The molecule has 0 bridgehead atoms. The molecule has 2 heteroatoms. The quantitative estimate of drug-likeness (QED) is 0.747. The summed E-state index contributed by atoms with van der Waals surface area (Å²) in [4.78, 5) is 4.62. The predicted molar refractivity (Wildman–Crippen MR) is 69.3 cm³/mol. The van der Waals surface area contributed by atoms with E-state index in [9.17, 15) is 0 Å². The van der Waals surface area contributed by atoms with E-state index in [2.05, 4.69) is 53.8 Å². The van der Waals surface area contributed by atoms with Gasteiger partial charge >= 0.3 is 0 Å². The van der Waals surface area contributed by atoms with Crippen LogP contribution in [0.15, 0.2) is 24.5 Å². The fourth-order valence-electron chi connectivity index (χ4n) is 1.47. The fourth-order valence-corrected chi connectivity index (χ4v) is 1.79. The summed E-state index contributed by atoms with van der Waals surface area (Å²) in [5.74, 6) is 0. The van der Waals surface area contributed by atoms with Crippen LogP contribution in [0, 0.1) is 5.41 Å². The van der Waals surface area contributed by atoms with E-state index in [0.717, 1.165) is 6.42 Å². The lowest BCUT2D eigenvalue weighted by Gasteiger charge is -2.25. The molecular weight excluding hydrogens is 250 g/mol. The Labute approximate surface area is 101 Å². The molecule has 1 aromatic rings. The third kappa shape index (κ3) is 4.78. The first-order valence-electron chi connectivity index (χ1n) is 5.53. The monoisotopic (exact) mass is 269 g/mol. The van der Waals surface area contributed by atoms with Crippen LogP contribution in [0.2, 0.25) is 0 Å². The van der Waals surface area contributed by atoms with Crippen LogP contribution in [0.1, 0.15) is 39.2 Å². The zero-order valence-electron chi connectivity index (χ0n) is 9.83. The van der Waals surface area contributed by atoms with Crippen molar-refractivity contribution in [2.45, 2.75) is 44.9 Å². The Kier molecular flexibility index (Phi) is 4.78. The van der Waals surface area contributed by atoms with Crippen molar-refractivity contribution >= 4 is 15.9 Å². The highest BCUT2D eigenvalue weighted by atomic mass is 79.9. The fraction of sp³-hybridized carbons (Fsp3) is 0.615. The average Bonchev–Trinajstić information content (AvgIpc) is 2.18. The van der Waals surface area contributed by atoms with Gasteiger partial charge in [0.25, 0.3) is 0 Å². The number of pyridine rings is 1. The van der Waals surface area contributed by atoms with Crippen molar-refractivity contribution in [1.82, 2.24) is 4.98 Å². The highest BCUT2D eigenvalue weighted by Gasteiger charge is 2.20. The molecule has 15 heavy (non-hydrogen) atoms. The number of hydrogen-bond acceptors (Lipinski definition) is 1. The van der Waals surface area contributed by atoms with Crippen molar-refractivity contribution in [3.8, 4) is 0 Å². The van der Waals surface area contributed by atoms with Crippen LogP contribution in [-0.2, 0) is 6.42 Å². The molecule has 1 aromatic heterocycles. The molecule has 0 N–H and O–H groups in total. The third-order valence-electron chi connectivity index (χ3n) is 2.61. The van der Waals surface area contributed by atoms with Gasteiger partial charge in [-0.3, -0.25) is 4.98 Å². The summed E-state index contributed by atoms with van der Waals surface area (Å²) in [5.41, 5.74) is 1.75. The van der Waals surface area contributed by atoms with Gasteiger partial charge in [0.15, 0.2) is 0 Å². The van der Waals surface area contributed by atoms with E-state index in [4.69, 9.17) is 0 Å². The zero-order chi connectivity index (χ0) is 11.3. The summed E-state index contributed by atoms with van der Waals surface area (Å²) in [6.45, 7) is 6.83. The topological polar surface area (TPSA) is 12.9 Å². The second kappa shape index (κ2) is 5.64. The van der Waals surface area contributed by atoms with Gasteiger partial charge in [-0.2, -0.15) is 0 Å². The van der Waals surface area contributed by atoms with Crippen molar-refractivity contribution in [3.05, 3.63) is 30.1 Å². The second-order valence-electron chi connectivity index (χ2n) is 5.08. The molecule has 0 amide bonds. The first kappa shape index (κ1) is 12.7. The SMILES string of the molecule is CC(C)(C)C(Br)CCCc1ccncc1. The maximum atomic E-state index is 4.02. The van der Waals surface area contributed by atoms with E-state index in [0.29, 0.717) is 10.2 Å². The van der Waals surface area contributed by atoms with Gasteiger partial charge in [0, 0.05) is 17.2 Å². The summed E-state index contributed by atoms with van der Waals surface area (Å²) in [6.07, 6.45) is 7.35. The van der Waals surface area contributed by atoms with Gasteiger partial charge < -0.3 is 0 Å². The van der Waals surface area contributed by atoms with Crippen LogP contribution in [0.25, 0.3) is 0 Å². The second-order valence-corrected chi connectivity index (χ2v) is 6.19. The zero-order valence-corrected chi connectivity index (χ0v) is 11.4. The molecule has 0 fully saturated rings. The Hall–Kier alpha value is -0.370. The number of aromatic nitrogens is 1. The molecule has 0 aliphatic heterocycles. The highest BCUT2D eigenvalue weighted by molar-refractivity contribution is 9.09. The molecule has 0 aliphatic carbocycles. The normalized spacial score (nSPS) is 13.9. The van der Waals surface area contributed by atoms with Crippen molar-refractivity contribution in [2.75, 3.05) is 0 Å². The van der Waals surface area contributed by atoms with Crippen molar-refractivity contribution in [1.29, 1.82) is 0 Å². The number of alkyl halides is 1. The standard InChI is InChI=1S/C13H20BrN/c1-13(2,3)12(14)6-4-5-11-7-9-15-10-8-11/h7-10,12H,4-6H2,1-3H3. The molecule has 0 spiro atoms. The first-order chi connectivity index (χ1) is 7.00. The van der Waals surface area contributed by atoms with Gasteiger partial charge in [0.05, 0.1) is 0 Å². The molecule has 1 atom stereocenters. The van der Waals surface area contributed by atoms with Crippen LogP contribution in [0.3, 0.4) is 0 Å². The van der Waals surface area contributed by atoms with Crippen molar-refractivity contribution in [3.63, 3.8) is 0 Å². The van der Waals surface area contributed by atoms with Gasteiger partial charge in [0.1, 0.15) is 0 Å². The molecule has 0 saturated carbocycles. The lowest BCUT2D eigenvalue weighted by molar-refractivity contribution is 0.380. The molecule has 0 saturated heterocycles. The van der Waals surface area contributed by atoms with E-state index in [1.165, 1.54) is 18.4 Å². The Morgan fingerprint density at radius 1 is 1.27 bits per heavy atom. The highest BCUT2D eigenvalue weighted by Crippen LogP contribution is 2.29. The molecule has 0 aromatic carbocycles. The Morgan fingerprint density at radius 3 is 2.40 bits per heavy atom. The summed E-state index contributed by atoms with van der Waals surface area (Å²) in [6, 6.07) is 4.20. The van der Waals surface area contributed by atoms with Crippen LogP contribution >= 0.6 is 15.9 Å². The number of aryl methyl sites for hydroxylation is 1. The molecule has 1 nitrogen and oxygen atoms in total. The van der Waals surface area contributed by atoms with Gasteiger partial charge in [0.2, 0.25) is 0 Å². The number of halogens is 1. The Morgan fingerprint density at radius 2 is 1.87 bits per heavy atom. The summed E-state index contributed by atoms with van der Waals surface area (Å²) in [7, 11) is 0. The van der Waals surface area contributed by atoms with Gasteiger partial charge in [-0.1, -0.05) is 36.7 Å². The minimum Gasteiger partial charge on any atom is -0.265 e. The molecule has 0 aliphatic rings. The minimum absolute atomic E-state index is 0.359. The summed E-state index contributed by atoms with van der Waals surface area (Å²) in [5, 5.41) is 0. The molecule has 84 valence electrons. The molecule has 1 rings (SSSR count). The van der Waals surface area contributed by atoms with Crippen LogP contribution in [0.5, 0.6) is 0 Å². The molecule has 1 unspecified atom stereocenters. The Balaban J connectivity index is 2.28. The van der Waals surface area contributed by atoms with Crippen LogP contribution in [0.4, 0.5) is 0 Å². The number of hydrogen-bond donors (Lipinski definition) is 0. The van der Waals surface area contributed by atoms with Crippen molar-refractivity contribution < 1.29 is 0 Å². The van der Waals surface area contributed by atoms with Gasteiger partial charge in [-0.25, -0.2) is 0 Å². The summed E-state index contributed by atoms with van der Waals surface area (Å²) >= 11 is 3.76. The average molecular weight is 270 g/mol. The van der Waals surface area contributed by atoms with Crippen molar-refractivity contribution in [2.24, 2.45) is 5.41 Å². The van der Waals surface area contributed by atoms with E-state index in [-0.39, 0.29) is 0 Å². The number of nitrogens with zero attached hydrogens (tertiary/aromatic N) is 1. The Bertz CT molecular complexity index is 276. The maximum absolute atomic E-state index is 4.02. The smallest absolute Gasteiger partial charge is 0.0270 e. The maximum Gasteiger partial charge on any atom is 0.0270 e. The lowest BCUT2D eigenvalue weighted by Crippen LogP contribution is -2.20. The summed E-state index contributed by atoms with van der Waals surface area (Å²) < 4.78 is 0. The van der Waals surface area contributed by atoms with E-state index in [1.807, 2.05) is 12.4 Å². The predicted octanol–water partition coefficient (Wildman–Crippen LogP) is 4.21. The van der Waals surface area contributed by atoms with Gasteiger partial charge in [-0.15, -0.1) is 0 Å². The number of rotatable bonds is 4. The molecule has 1 heterocycles. The minimum atomic E-state index is 0.359. The van der Waals surface area contributed by atoms with E-state index < -0.39 is 0 Å². The molecule has 0 radical (unpaired) electrons. The lowest BCUT2D eigenvalue weighted by atomic mass is 9.89. The molecular formula is C13H20BrN. The first-order valence-corrected chi connectivity index (χ1v) is 6.44. The van der Waals surface area contributed by atoms with E-state index >= 15 is 0 Å². The van der Waals surface area contributed by atoms with Crippen LogP contribution in [-0.4, -0.2) is 9.81 Å².